The van der Waals surface area contributed by atoms with Gasteiger partial charge in [-0.15, -0.1) is 0 Å². The summed E-state index contributed by atoms with van der Waals surface area (Å²) >= 11 is 11.7. The van der Waals surface area contributed by atoms with Crippen molar-refractivity contribution in [1.82, 2.24) is 5.32 Å². The molecular formula is C12H14Cl2N2O3. The van der Waals surface area contributed by atoms with Crippen molar-refractivity contribution < 1.29 is 9.72 Å². The predicted octanol–water partition coefficient (Wildman–Crippen LogP) is 3.82. The summed E-state index contributed by atoms with van der Waals surface area (Å²) in [7, 11) is 0. The molecule has 0 aliphatic rings. The molecule has 0 radical (unpaired) electrons. The van der Waals surface area contributed by atoms with Crippen LogP contribution >= 0.6 is 23.2 Å². The molecule has 0 fully saturated rings. The van der Waals surface area contributed by atoms with Gasteiger partial charge in [-0.2, -0.15) is 0 Å². The van der Waals surface area contributed by atoms with Crippen molar-refractivity contribution in [2.75, 3.05) is 0 Å². The number of hydrogen-bond donors (Lipinski definition) is 1. The maximum absolute atomic E-state index is 12.1. The maximum Gasteiger partial charge on any atom is 0.271 e. The summed E-state index contributed by atoms with van der Waals surface area (Å²) in [4.78, 5) is 22.2. The number of halogens is 2. The zero-order valence-electron chi connectivity index (χ0n) is 10.8. The molecule has 1 aromatic carbocycles. The van der Waals surface area contributed by atoms with Crippen molar-refractivity contribution in [1.29, 1.82) is 0 Å². The molecule has 0 aliphatic carbocycles. The van der Waals surface area contributed by atoms with Crippen LogP contribution in [0.5, 0.6) is 0 Å². The molecule has 0 saturated carbocycles. The molecule has 1 aromatic rings. The predicted molar refractivity (Wildman–Crippen MR) is 75.0 cm³/mol. The van der Waals surface area contributed by atoms with E-state index in [4.69, 9.17) is 23.2 Å². The van der Waals surface area contributed by atoms with Gasteiger partial charge in [-0.05, 0) is 20.3 Å². The van der Waals surface area contributed by atoms with E-state index in [1.807, 2.05) is 20.8 Å². The lowest BCUT2D eigenvalue weighted by Crippen LogP contribution is -2.42. The number of rotatable bonds is 4. The van der Waals surface area contributed by atoms with E-state index < -0.39 is 16.4 Å². The van der Waals surface area contributed by atoms with E-state index in [-0.39, 0.29) is 21.3 Å². The fourth-order valence-electron chi connectivity index (χ4n) is 1.31. The summed E-state index contributed by atoms with van der Waals surface area (Å²) in [6, 6.07) is 2.24. The van der Waals surface area contributed by atoms with Crippen LogP contribution in [0.2, 0.25) is 10.0 Å². The molecule has 5 nitrogen and oxygen atoms in total. The molecule has 19 heavy (non-hydrogen) atoms. The van der Waals surface area contributed by atoms with E-state index >= 15 is 0 Å². The highest BCUT2D eigenvalue weighted by Gasteiger charge is 2.24. The SMILES string of the molecule is CCC(C)(C)NC(=O)c1cc([N+](=O)[O-])cc(Cl)c1Cl. The van der Waals surface area contributed by atoms with Gasteiger partial charge in [-0.1, -0.05) is 30.1 Å². The first kappa shape index (κ1) is 15.7. The van der Waals surface area contributed by atoms with Crippen molar-refractivity contribution in [3.8, 4) is 0 Å². The van der Waals surface area contributed by atoms with E-state index in [0.717, 1.165) is 12.1 Å². The average Bonchev–Trinajstić information content (AvgIpc) is 2.31. The van der Waals surface area contributed by atoms with E-state index in [1.165, 1.54) is 0 Å². The summed E-state index contributed by atoms with van der Waals surface area (Å²) in [5.41, 5.74) is -0.700. The topological polar surface area (TPSA) is 72.2 Å². The lowest BCUT2D eigenvalue weighted by molar-refractivity contribution is -0.384. The third-order valence-electron chi connectivity index (χ3n) is 2.80. The molecule has 0 heterocycles. The number of non-ortho nitro benzene ring substituents is 1. The first-order valence-electron chi connectivity index (χ1n) is 5.64. The molecule has 0 spiro atoms. The minimum absolute atomic E-state index is 0.00221. The number of carbonyl (C=O) groups is 1. The van der Waals surface area contributed by atoms with E-state index in [1.54, 1.807) is 0 Å². The van der Waals surface area contributed by atoms with E-state index in [0.29, 0.717) is 6.42 Å². The Morgan fingerprint density at radius 2 is 2.00 bits per heavy atom. The second kappa shape index (κ2) is 5.75. The minimum Gasteiger partial charge on any atom is -0.347 e. The third-order valence-corrected chi connectivity index (χ3v) is 3.61. The maximum atomic E-state index is 12.1. The largest absolute Gasteiger partial charge is 0.347 e. The number of hydrogen-bond acceptors (Lipinski definition) is 3. The van der Waals surface area contributed by atoms with Crippen LogP contribution in [0, 0.1) is 10.1 Å². The van der Waals surface area contributed by atoms with Crippen LogP contribution in [0.25, 0.3) is 0 Å². The Bertz CT molecular complexity index is 530. The van der Waals surface area contributed by atoms with Crippen LogP contribution < -0.4 is 5.32 Å². The number of nitrogens with one attached hydrogen (secondary N) is 1. The van der Waals surface area contributed by atoms with Gasteiger partial charge in [-0.3, -0.25) is 14.9 Å². The highest BCUT2D eigenvalue weighted by atomic mass is 35.5. The Labute approximate surface area is 121 Å². The van der Waals surface area contributed by atoms with Gasteiger partial charge in [0.2, 0.25) is 0 Å². The van der Waals surface area contributed by atoms with Gasteiger partial charge in [0.1, 0.15) is 0 Å². The summed E-state index contributed by atoms with van der Waals surface area (Å²) in [5, 5.41) is 13.5. The normalized spacial score (nSPS) is 11.2. The van der Waals surface area contributed by atoms with Gasteiger partial charge >= 0.3 is 0 Å². The van der Waals surface area contributed by atoms with Gasteiger partial charge in [0.15, 0.2) is 0 Å². The fourth-order valence-corrected chi connectivity index (χ4v) is 1.72. The summed E-state index contributed by atoms with van der Waals surface area (Å²) in [6.45, 7) is 5.61. The zero-order valence-corrected chi connectivity index (χ0v) is 12.3. The molecular weight excluding hydrogens is 291 g/mol. The number of amides is 1. The number of benzene rings is 1. The smallest absolute Gasteiger partial charge is 0.271 e. The molecule has 7 heteroatoms. The Kier molecular flexibility index (Phi) is 4.76. The molecule has 104 valence electrons. The monoisotopic (exact) mass is 304 g/mol. The molecule has 0 bridgehead atoms. The van der Waals surface area contributed by atoms with Crippen LogP contribution in [0.15, 0.2) is 12.1 Å². The van der Waals surface area contributed by atoms with Gasteiger partial charge < -0.3 is 5.32 Å². The summed E-state index contributed by atoms with van der Waals surface area (Å²) < 4.78 is 0. The molecule has 0 unspecified atom stereocenters. The van der Waals surface area contributed by atoms with E-state index in [2.05, 4.69) is 5.32 Å². The Hall–Kier alpha value is -1.33. The fraction of sp³-hybridized carbons (Fsp3) is 0.417. The Morgan fingerprint density at radius 1 is 1.42 bits per heavy atom. The van der Waals surface area contributed by atoms with Crippen molar-refractivity contribution in [3.63, 3.8) is 0 Å². The van der Waals surface area contributed by atoms with Gasteiger partial charge in [-0.25, -0.2) is 0 Å². The second-order valence-corrected chi connectivity index (χ2v) is 5.52. The van der Waals surface area contributed by atoms with Gasteiger partial charge in [0.05, 0.1) is 20.5 Å². The molecule has 0 aromatic heterocycles. The number of nitro groups is 1. The van der Waals surface area contributed by atoms with E-state index in [9.17, 15) is 14.9 Å². The molecule has 1 rings (SSSR count). The van der Waals surface area contributed by atoms with Crippen molar-refractivity contribution >= 4 is 34.8 Å². The first-order chi connectivity index (χ1) is 8.68. The third kappa shape index (κ3) is 3.81. The van der Waals surface area contributed by atoms with Crippen LogP contribution in [-0.2, 0) is 0 Å². The highest BCUT2D eigenvalue weighted by molar-refractivity contribution is 6.44. The zero-order chi connectivity index (χ0) is 14.8. The van der Waals surface area contributed by atoms with Crippen LogP contribution in [0.1, 0.15) is 37.6 Å². The van der Waals surface area contributed by atoms with Crippen molar-refractivity contribution in [3.05, 3.63) is 37.9 Å². The molecule has 0 aliphatic heterocycles. The average molecular weight is 305 g/mol. The minimum atomic E-state index is -0.621. The Morgan fingerprint density at radius 3 is 2.47 bits per heavy atom. The van der Waals surface area contributed by atoms with Gasteiger partial charge in [0, 0.05) is 17.7 Å². The van der Waals surface area contributed by atoms with Gasteiger partial charge in [0.25, 0.3) is 11.6 Å². The quantitative estimate of drug-likeness (QED) is 0.679. The second-order valence-electron chi connectivity index (χ2n) is 4.74. The lowest BCUT2D eigenvalue weighted by Gasteiger charge is -2.24. The lowest BCUT2D eigenvalue weighted by atomic mass is 10.0. The summed E-state index contributed by atoms with van der Waals surface area (Å²) in [6.07, 6.45) is 0.707. The standard InChI is InChI=1S/C12H14Cl2N2O3/c1-4-12(2,3)15-11(17)8-5-7(16(18)19)6-9(13)10(8)14/h5-6H,4H2,1-3H3,(H,15,17). The molecule has 1 N–H and O–H groups in total. The molecule has 0 atom stereocenters. The van der Waals surface area contributed by atoms with Crippen LogP contribution in [0.4, 0.5) is 5.69 Å². The van der Waals surface area contributed by atoms with Crippen molar-refractivity contribution in [2.45, 2.75) is 32.7 Å². The highest BCUT2D eigenvalue weighted by Crippen LogP contribution is 2.31. The number of nitrogens with zero attached hydrogens (tertiary/aromatic N) is 1. The Balaban J connectivity index is 3.19. The van der Waals surface area contributed by atoms with Crippen LogP contribution in [0.3, 0.4) is 0 Å². The number of nitro benzene ring substituents is 1. The molecule has 1 amide bonds. The number of carbonyl (C=O) groups excluding carboxylic acids is 1. The first-order valence-corrected chi connectivity index (χ1v) is 6.39. The van der Waals surface area contributed by atoms with Crippen LogP contribution in [-0.4, -0.2) is 16.4 Å². The van der Waals surface area contributed by atoms with Crippen molar-refractivity contribution in [2.24, 2.45) is 0 Å². The molecule has 0 saturated heterocycles. The summed E-state index contributed by atoms with van der Waals surface area (Å²) in [5.74, 6) is -0.484.